The molecule has 0 saturated carbocycles. The third-order valence-corrected chi connectivity index (χ3v) is 3.21. The van der Waals surface area contributed by atoms with E-state index in [0.717, 1.165) is 30.3 Å². The molecule has 1 nitrogen and oxygen atoms in total. The Morgan fingerprint density at radius 3 is 2.94 bits per heavy atom. The standard InChI is InChI=1S/C15H16O/c1-2-5-11-8-9-13-12-6-3-4-7-14(12)16-15(13)10-11/h6-10H,2-5H2,1H3. The zero-order valence-corrected chi connectivity index (χ0v) is 9.62. The molecule has 16 heavy (non-hydrogen) atoms. The summed E-state index contributed by atoms with van der Waals surface area (Å²) in [6, 6.07) is 6.63. The van der Waals surface area contributed by atoms with E-state index in [1.54, 1.807) is 0 Å². The number of furan rings is 1. The molecule has 0 bridgehead atoms. The quantitative estimate of drug-likeness (QED) is 0.746. The van der Waals surface area contributed by atoms with Gasteiger partial charge in [0.1, 0.15) is 11.0 Å². The summed E-state index contributed by atoms with van der Waals surface area (Å²) < 4.78 is 5.89. The van der Waals surface area contributed by atoms with Gasteiger partial charge in [-0.05, 0) is 37.0 Å². The molecule has 0 unspecified atom stereocenters. The van der Waals surface area contributed by atoms with Crippen molar-refractivity contribution in [1.29, 1.82) is 0 Å². The minimum Gasteiger partial charge on any atom is -0.456 e. The summed E-state index contributed by atoms with van der Waals surface area (Å²) >= 11 is 0. The molecule has 0 spiro atoms. The molecule has 1 aromatic heterocycles. The van der Waals surface area contributed by atoms with Gasteiger partial charge in [-0.25, -0.2) is 0 Å². The largest absolute Gasteiger partial charge is 0.456 e. The molecular weight excluding hydrogens is 196 g/mol. The number of aryl methyl sites for hydroxylation is 1. The highest BCUT2D eigenvalue weighted by molar-refractivity contribution is 5.80. The Morgan fingerprint density at radius 1 is 1.19 bits per heavy atom. The van der Waals surface area contributed by atoms with Crippen LogP contribution in [0.5, 0.6) is 0 Å². The summed E-state index contributed by atoms with van der Waals surface area (Å²) in [4.78, 5) is 0. The van der Waals surface area contributed by atoms with Gasteiger partial charge in [0.15, 0.2) is 0 Å². The van der Waals surface area contributed by atoms with Gasteiger partial charge in [0.05, 0.1) is 0 Å². The second-order valence-corrected chi connectivity index (χ2v) is 4.45. The Balaban J connectivity index is 2.28. The van der Waals surface area contributed by atoms with Crippen molar-refractivity contribution >= 4 is 23.1 Å². The van der Waals surface area contributed by atoms with Crippen molar-refractivity contribution in [2.24, 2.45) is 0 Å². The average molecular weight is 212 g/mol. The first-order valence-electron chi connectivity index (χ1n) is 6.10. The fraction of sp³-hybridized carbons (Fsp3) is 0.333. The van der Waals surface area contributed by atoms with Crippen molar-refractivity contribution in [3.05, 3.63) is 34.4 Å². The van der Waals surface area contributed by atoms with Gasteiger partial charge >= 0.3 is 0 Å². The average Bonchev–Trinajstić information content (AvgIpc) is 2.67. The fourth-order valence-electron chi connectivity index (χ4n) is 2.43. The zero-order chi connectivity index (χ0) is 11.0. The molecule has 3 rings (SSSR count). The van der Waals surface area contributed by atoms with E-state index in [2.05, 4.69) is 37.3 Å². The Morgan fingerprint density at radius 2 is 2.06 bits per heavy atom. The molecule has 1 heterocycles. The Labute approximate surface area is 95.1 Å². The van der Waals surface area contributed by atoms with Crippen LogP contribution in [-0.4, -0.2) is 0 Å². The van der Waals surface area contributed by atoms with E-state index < -0.39 is 0 Å². The molecule has 0 aliphatic heterocycles. The number of hydrogen-bond donors (Lipinski definition) is 0. The second kappa shape index (κ2) is 3.82. The maximum Gasteiger partial charge on any atom is 0.135 e. The van der Waals surface area contributed by atoms with Crippen LogP contribution in [0.1, 0.15) is 31.7 Å². The van der Waals surface area contributed by atoms with Gasteiger partial charge in [-0.2, -0.15) is 0 Å². The van der Waals surface area contributed by atoms with Gasteiger partial charge in [-0.15, -0.1) is 0 Å². The van der Waals surface area contributed by atoms with Crippen molar-refractivity contribution in [2.75, 3.05) is 0 Å². The summed E-state index contributed by atoms with van der Waals surface area (Å²) in [5, 5.41) is 2.56. The van der Waals surface area contributed by atoms with Crippen molar-refractivity contribution in [3.8, 4) is 0 Å². The summed E-state index contributed by atoms with van der Waals surface area (Å²) in [5.74, 6) is 0. The molecule has 0 radical (unpaired) electrons. The highest BCUT2D eigenvalue weighted by Crippen LogP contribution is 2.14. The predicted octanol–water partition coefficient (Wildman–Crippen LogP) is 2.74. The van der Waals surface area contributed by atoms with Gasteiger partial charge in [-0.1, -0.05) is 31.6 Å². The summed E-state index contributed by atoms with van der Waals surface area (Å²) in [6.07, 6.45) is 9.06. The van der Waals surface area contributed by atoms with Crippen molar-refractivity contribution in [2.45, 2.75) is 32.6 Å². The van der Waals surface area contributed by atoms with E-state index in [1.165, 1.54) is 22.6 Å². The molecule has 2 aromatic rings. The number of rotatable bonds is 2. The lowest BCUT2D eigenvalue weighted by Crippen LogP contribution is -2.21. The van der Waals surface area contributed by atoms with E-state index in [0.29, 0.717) is 0 Å². The molecular formula is C15H16O. The number of fused-ring (bicyclic) bond motifs is 3. The monoisotopic (exact) mass is 212 g/mol. The van der Waals surface area contributed by atoms with Crippen LogP contribution in [0.25, 0.3) is 23.1 Å². The van der Waals surface area contributed by atoms with Crippen molar-refractivity contribution in [3.63, 3.8) is 0 Å². The van der Waals surface area contributed by atoms with E-state index in [4.69, 9.17) is 4.42 Å². The first-order valence-corrected chi connectivity index (χ1v) is 6.10. The van der Waals surface area contributed by atoms with Gasteiger partial charge in [0.25, 0.3) is 0 Å². The SMILES string of the molecule is CCCc1ccc2c3c(oc2c1)=CCCC=3. The van der Waals surface area contributed by atoms with Crippen LogP contribution in [0.3, 0.4) is 0 Å². The molecule has 0 atom stereocenters. The molecule has 1 aromatic carbocycles. The summed E-state index contributed by atoms with van der Waals surface area (Å²) in [7, 11) is 0. The van der Waals surface area contributed by atoms with E-state index >= 15 is 0 Å². The Kier molecular flexibility index (Phi) is 2.32. The van der Waals surface area contributed by atoms with E-state index in [9.17, 15) is 0 Å². The van der Waals surface area contributed by atoms with Crippen LogP contribution in [0.2, 0.25) is 0 Å². The second-order valence-electron chi connectivity index (χ2n) is 4.45. The highest BCUT2D eigenvalue weighted by atomic mass is 16.3. The van der Waals surface area contributed by atoms with Crippen LogP contribution in [0, 0.1) is 0 Å². The van der Waals surface area contributed by atoms with Gasteiger partial charge in [0, 0.05) is 10.6 Å². The normalized spacial score (nSPS) is 14.3. The highest BCUT2D eigenvalue weighted by Gasteiger charge is 2.05. The first-order chi connectivity index (χ1) is 7.88. The van der Waals surface area contributed by atoms with Gasteiger partial charge in [0.2, 0.25) is 0 Å². The minimum absolute atomic E-state index is 1.05. The molecule has 1 aliphatic rings. The van der Waals surface area contributed by atoms with Gasteiger partial charge < -0.3 is 4.42 Å². The molecule has 0 amide bonds. The Bertz CT molecular complexity index is 631. The van der Waals surface area contributed by atoms with Crippen molar-refractivity contribution < 1.29 is 4.42 Å². The zero-order valence-electron chi connectivity index (χ0n) is 9.62. The molecule has 1 aliphatic carbocycles. The van der Waals surface area contributed by atoms with Gasteiger partial charge in [-0.3, -0.25) is 0 Å². The van der Waals surface area contributed by atoms with Crippen LogP contribution < -0.4 is 10.6 Å². The third kappa shape index (κ3) is 1.47. The number of benzene rings is 1. The molecule has 0 fully saturated rings. The third-order valence-electron chi connectivity index (χ3n) is 3.21. The maximum atomic E-state index is 5.89. The van der Waals surface area contributed by atoms with Crippen LogP contribution in [0.15, 0.2) is 22.6 Å². The van der Waals surface area contributed by atoms with Crippen LogP contribution in [0.4, 0.5) is 0 Å². The predicted molar refractivity (Wildman–Crippen MR) is 67.6 cm³/mol. The summed E-state index contributed by atoms with van der Waals surface area (Å²) in [6.45, 7) is 2.21. The van der Waals surface area contributed by atoms with Crippen molar-refractivity contribution in [1.82, 2.24) is 0 Å². The lowest BCUT2D eigenvalue weighted by Gasteiger charge is -1.97. The van der Waals surface area contributed by atoms with Crippen LogP contribution in [-0.2, 0) is 6.42 Å². The Hall–Kier alpha value is -1.50. The van der Waals surface area contributed by atoms with E-state index in [-0.39, 0.29) is 0 Å². The number of hydrogen-bond acceptors (Lipinski definition) is 1. The molecule has 0 N–H and O–H groups in total. The molecule has 0 saturated heterocycles. The lowest BCUT2D eigenvalue weighted by molar-refractivity contribution is 0.571. The van der Waals surface area contributed by atoms with Crippen LogP contribution >= 0.6 is 0 Å². The minimum atomic E-state index is 1.05. The lowest BCUT2D eigenvalue weighted by atomic mass is 10.1. The fourth-order valence-corrected chi connectivity index (χ4v) is 2.43. The maximum absolute atomic E-state index is 5.89. The molecule has 82 valence electrons. The topological polar surface area (TPSA) is 13.1 Å². The molecule has 1 heteroatoms. The van der Waals surface area contributed by atoms with E-state index in [1.807, 2.05) is 0 Å². The summed E-state index contributed by atoms with van der Waals surface area (Å²) in [5.41, 5.74) is 3.49. The smallest absolute Gasteiger partial charge is 0.135 e. The first kappa shape index (κ1) is 9.71.